The highest BCUT2D eigenvalue weighted by molar-refractivity contribution is 7.80. The summed E-state index contributed by atoms with van der Waals surface area (Å²) in [4.78, 5) is 37.3. The fraction of sp³-hybridized carbons (Fsp3) is 0.474. The van der Waals surface area contributed by atoms with Crippen LogP contribution in [-0.2, 0) is 19.1 Å². The van der Waals surface area contributed by atoms with E-state index in [1.54, 1.807) is 29.2 Å². The van der Waals surface area contributed by atoms with Gasteiger partial charge in [-0.25, -0.2) is 0 Å². The molecule has 0 aromatic heterocycles. The standard InChI is InChI=1S/C19H27N3O5S/c1-4-22(5-2)18(25)14-6-8-15(9-7-14)20-19(28)21-16(23)10-11-17(24)27-13-12-26-3/h6-9H,4-5,10-13H2,1-3H3,(H2,20,21,23,28). The number of carbonyl (C=O) groups is 3. The highest BCUT2D eigenvalue weighted by atomic mass is 32.1. The summed E-state index contributed by atoms with van der Waals surface area (Å²) in [7, 11) is 1.51. The van der Waals surface area contributed by atoms with Crippen LogP contribution in [0.25, 0.3) is 0 Å². The second kappa shape index (κ2) is 12.8. The molecule has 0 spiro atoms. The lowest BCUT2D eigenvalue weighted by molar-refractivity contribution is -0.146. The van der Waals surface area contributed by atoms with Gasteiger partial charge in [-0.1, -0.05) is 0 Å². The van der Waals surface area contributed by atoms with Crippen LogP contribution in [0.1, 0.15) is 37.0 Å². The van der Waals surface area contributed by atoms with Crippen LogP contribution in [-0.4, -0.2) is 61.2 Å². The third kappa shape index (κ3) is 8.45. The molecule has 0 bridgehead atoms. The largest absolute Gasteiger partial charge is 0.463 e. The number of hydrogen-bond donors (Lipinski definition) is 2. The summed E-state index contributed by atoms with van der Waals surface area (Å²) in [6, 6.07) is 6.82. The SMILES string of the molecule is CCN(CC)C(=O)c1ccc(NC(=S)NC(=O)CCC(=O)OCCOC)cc1. The van der Waals surface area contributed by atoms with Crippen molar-refractivity contribution in [1.29, 1.82) is 0 Å². The molecule has 28 heavy (non-hydrogen) atoms. The van der Waals surface area contributed by atoms with Gasteiger partial charge < -0.3 is 25.0 Å². The van der Waals surface area contributed by atoms with E-state index in [2.05, 4.69) is 10.6 Å². The van der Waals surface area contributed by atoms with Crippen molar-refractivity contribution in [3.05, 3.63) is 29.8 Å². The Morgan fingerprint density at radius 1 is 1.04 bits per heavy atom. The molecule has 8 nitrogen and oxygen atoms in total. The molecule has 0 saturated heterocycles. The number of amides is 2. The first kappa shape index (κ1) is 23.5. The number of nitrogens with one attached hydrogen (secondary N) is 2. The summed E-state index contributed by atoms with van der Waals surface area (Å²) < 4.78 is 9.64. The first-order chi connectivity index (χ1) is 13.4. The Hall–Kier alpha value is -2.52. The quantitative estimate of drug-likeness (QED) is 0.346. The maximum absolute atomic E-state index is 12.3. The maximum atomic E-state index is 12.3. The van der Waals surface area contributed by atoms with Crippen molar-refractivity contribution in [2.24, 2.45) is 0 Å². The predicted octanol–water partition coefficient (Wildman–Crippen LogP) is 1.95. The zero-order valence-corrected chi connectivity index (χ0v) is 17.3. The van der Waals surface area contributed by atoms with Crippen LogP contribution in [0, 0.1) is 0 Å². The van der Waals surface area contributed by atoms with Gasteiger partial charge in [0.1, 0.15) is 6.61 Å². The van der Waals surface area contributed by atoms with Crippen molar-refractivity contribution in [2.75, 3.05) is 38.7 Å². The summed E-state index contributed by atoms with van der Waals surface area (Å²) in [5.74, 6) is -0.904. The average Bonchev–Trinajstić information content (AvgIpc) is 2.68. The lowest BCUT2D eigenvalue weighted by atomic mass is 10.2. The summed E-state index contributed by atoms with van der Waals surface area (Å²) in [6.07, 6.45) is -0.0781. The Balaban J connectivity index is 2.43. The van der Waals surface area contributed by atoms with E-state index in [4.69, 9.17) is 21.7 Å². The van der Waals surface area contributed by atoms with Gasteiger partial charge in [0.25, 0.3) is 5.91 Å². The molecule has 0 aliphatic carbocycles. The molecular formula is C19H27N3O5S. The summed E-state index contributed by atoms with van der Waals surface area (Å²) in [6.45, 7) is 5.61. The zero-order valence-electron chi connectivity index (χ0n) is 16.4. The predicted molar refractivity (Wildman–Crippen MR) is 110 cm³/mol. The molecule has 1 aromatic carbocycles. The highest BCUT2D eigenvalue weighted by Gasteiger charge is 2.13. The summed E-state index contributed by atoms with van der Waals surface area (Å²) in [5.41, 5.74) is 1.22. The van der Waals surface area contributed by atoms with Gasteiger partial charge in [-0.3, -0.25) is 14.4 Å². The van der Waals surface area contributed by atoms with Gasteiger partial charge in [0.15, 0.2) is 5.11 Å². The third-order valence-corrected chi connectivity index (χ3v) is 4.00. The molecule has 0 saturated carbocycles. The van der Waals surface area contributed by atoms with E-state index in [-0.39, 0.29) is 30.5 Å². The van der Waals surface area contributed by atoms with Crippen LogP contribution in [0.3, 0.4) is 0 Å². The zero-order chi connectivity index (χ0) is 20.9. The number of benzene rings is 1. The number of nitrogens with zero attached hydrogens (tertiary/aromatic N) is 1. The Morgan fingerprint density at radius 2 is 1.68 bits per heavy atom. The summed E-state index contributed by atoms with van der Waals surface area (Å²) >= 11 is 5.09. The first-order valence-electron chi connectivity index (χ1n) is 9.05. The van der Waals surface area contributed by atoms with E-state index in [1.165, 1.54) is 7.11 Å². The second-order valence-electron chi connectivity index (χ2n) is 5.77. The second-order valence-corrected chi connectivity index (χ2v) is 6.18. The first-order valence-corrected chi connectivity index (χ1v) is 9.46. The van der Waals surface area contributed by atoms with Gasteiger partial charge in [0.2, 0.25) is 5.91 Å². The molecule has 9 heteroatoms. The molecule has 154 valence electrons. The smallest absolute Gasteiger partial charge is 0.306 e. The molecule has 0 aliphatic heterocycles. The van der Waals surface area contributed by atoms with E-state index in [0.717, 1.165) is 0 Å². The Kier molecular flexibility index (Phi) is 10.7. The molecule has 0 aliphatic rings. The van der Waals surface area contributed by atoms with Gasteiger partial charge in [-0.05, 0) is 50.3 Å². The Morgan fingerprint density at radius 3 is 2.25 bits per heavy atom. The molecule has 0 unspecified atom stereocenters. The van der Waals surface area contributed by atoms with Crippen molar-refractivity contribution in [3.63, 3.8) is 0 Å². The van der Waals surface area contributed by atoms with E-state index < -0.39 is 11.9 Å². The molecule has 0 fully saturated rings. The molecule has 0 radical (unpaired) electrons. The number of hydrogen-bond acceptors (Lipinski definition) is 6. The lowest BCUT2D eigenvalue weighted by Gasteiger charge is -2.18. The Bertz CT molecular complexity index is 675. The molecule has 2 N–H and O–H groups in total. The molecule has 0 heterocycles. The van der Waals surface area contributed by atoms with Crippen LogP contribution in [0.4, 0.5) is 5.69 Å². The van der Waals surface area contributed by atoms with Gasteiger partial charge in [-0.2, -0.15) is 0 Å². The third-order valence-electron chi connectivity index (χ3n) is 3.80. The van der Waals surface area contributed by atoms with Crippen molar-refractivity contribution < 1.29 is 23.9 Å². The van der Waals surface area contributed by atoms with E-state index in [1.807, 2.05) is 13.8 Å². The molecule has 0 atom stereocenters. The van der Waals surface area contributed by atoms with E-state index in [0.29, 0.717) is 30.9 Å². The number of ether oxygens (including phenoxy) is 2. The minimum absolute atomic E-state index is 0.0368. The maximum Gasteiger partial charge on any atom is 0.306 e. The van der Waals surface area contributed by atoms with Crippen molar-refractivity contribution in [1.82, 2.24) is 10.2 Å². The lowest BCUT2D eigenvalue weighted by Crippen LogP contribution is -2.34. The fourth-order valence-electron chi connectivity index (χ4n) is 2.27. The van der Waals surface area contributed by atoms with Gasteiger partial charge in [-0.15, -0.1) is 0 Å². The van der Waals surface area contributed by atoms with Crippen molar-refractivity contribution in [2.45, 2.75) is 26.7 Å². The van der Waals surface area contributed by atoms with E-state index >= 15 is 0 Å². The molecule has 1 rings (SSSR count). The van der Waals surface area contributed by atoms with Crippen molar-refractivity contribution in [3.8, 4) is 0 Å². The number of anilines is 1. The van der Waals surface area contributed by atoms with Gasteiger partial charge in [0.05, 0.1) is 13.0 Å². The average molecular weight is 410 g/mol. The number of thiocarbonyl (C=S) groups is 1. The fourth-order valence-corrected chi connectivity index (χ4v) is 2.50. The highest BCUT2D eigenvalue weighted by Crippen LogP contribution is 2.11. The van der Waals surface area contributed by atoms with Crippen LogP contribution >= 0.6 is 12.2 Å². The van der Waals surface area contributed by atoms with Gasteiger partial charge in [0, 0.05) is 37.9 Å². The van der Waals surface area contributed by atoms with Crippen LogP contribution in [0.2, 0.25) is 0 Å². The number of carbonyl (C=O) groups excluding carboxylic acids is 3. The minimum atomic E-state index is -0.473. The number of esters is 1. The monoisotopic (exact) mass is 409 g/mol. The van der Waals surface area contributed by atoms with Crippen molar-refractivity contribution >= 4 is 40.8 Å². The minimum Gasteiger partial charge on any atom is -0.463 e. The van der Waals surface area contributed by atoms with Crippen LogP contribution in [0.15, 0.2) is 24.3 Å². The normalized spacial score (nSPS) is 10.1. The molecule has 1 aromatic rings. The number of methoxy groups -OCH3 is 1. The Labute approximate surface area is 170 Å². The molecular weight excluding hydrogens is 382 g/mol. The van der Waals surface area contributed by atoms with Gasteiger partial charge >= 0.3 is 5.97 Å². The molecule has 2 amide bonds. The summed E-state index contributed by atoms with van der Waals surface area (Å²) in [5, 5.41) is 5.48. The van der Waals surface area contributed by atoms with E-state index in [9.17, 15) is 14.4 Å². The van der Waals surface area contributed by atoms with Crippen LogP contribution in [0.5, 0.6) is 0 Å². The van der Waals surface area contributed by atoms with Crippen LogP contribution < -0.4 is 10.6 Å². The number of rotatable bonds is 10. The topological polar surface area (TPSA) is 97.0 Å².